The predicted molar refractivity (Wildman–Crippen MR) is 85.5 cm³/mol. The minimum Gasteiger partial charge on any atom is -0.493 e. The van der Waals surface area contributed by atoms with Crippen molar-refractivity contribution in [2.45, 2.75) is 6.42 Å². The molecule has 0 aliphatic rings. The SMILES string of the molecule is COc1cc(NC(=O)NCCc2ccoc2)cc(OC)c1OC. The highest BCUT2D eigenvalue weighted by atomic mass is 16.5. The predicted octanol–water partition coefficient (Wildman–Crippen LogP) is 2.67. The van der Waals surface area contributed by atoms with Gasteiger partial charge in [0, 0.05) is 18.7 Å². The quantitative estimate of drug-likeness (QED) is 0.819. The Hall–Kier alpha value is -2.83. The first-order valence-corrected chi connectivity index (χ1v) is 7.04. The molecule has 0 fully saturated rings. The lowest BCUT2D eigenvalue weighted by Crippen LogP contribution is -2.30. The van der Waals surface area contributed by atoms with Crippen molar-refractivity contribution in [3.8, 4) is 17.2 Å². The number of hydrogen-bond acceptors (Lipinski definition) is 5. The van der Waals surface area contributed by atoms with Gasteiger partial charge in [-0.15, -0.1) is 0 Å². The molecule has 2 amide bonds. The van der Waals surface area contributed by atoms with Crippen LogP contribution in [0.15, 0.2) is 35.1 Å². The van der Waals surface area contributed by atoms with Gasteiger partial charge in [-0.1, -0.05) is 0 Å². The van der Waals surface area contributed by atoms with Gasteiger partial charge in [-0.05, 0) is 18.1 Å². The van der Waals surface area contributed by atoms with Gasteiger partial charge in [0.25, 0.3) is 0 Å². The molecule has 7 heteroatoms. The Morgan fingerprint density at radius 2 is 1.83 bits per heavy atom. The summed E-state index contributed by atoms with van der Waals surface area (Å²) in [7, 11) is 4.56. The lowest BCUT2D eigenvalue weighted by molar-refractivity contribution is 0.252. The van der Waals surface area contributed by atoms with E-state index in [1.165, 1.54) is 21.3 Å². The molecule has 0 bridgehead atoms. The van der Waals surface area contributed by atoms with E-state index >= 15 is 0 Å². The summed E-state index contributed by atoms with van der Waals surface area (Å²) < 4.78 is 20.7. The molecule has 1 heterocycles. The zero-order chi connectivity index (χ0) is 16.7. The third-order valence-electron chi connectivity index (χ3n) is 3.20. The molecular weight excluding hydrogens is 300 g/mol. The maximum atomic E-state index is 11.9. The van der Waals surface area contributed by atoms with Gasteiger partial charge >= 0.3 is 6.03 Å². The summed E-state index contributed by atoms with van der Waals surface area (Å²) >= 11 is 0. The number of ether oxygens (including phenoxy) is 3. The van der Waals surface area contributed by atoms with E-state index in [-0.39, 0.29) is 6.03 Å². The molecule has 7 nitrogen and oxygen atoms in total. The number of carbonyl (C=O) groups excluding carboxylic acids is 1. The Kier molecular flexibility index (Phi) is 5.74. The fourth-order valence-electron chi connectivity index (χ4n) is 2.08. The number of anilines is 1. The van der Waals surface area contributed by atoms with Crippen LogP contribution in [0.1, 0.15) is 5.56 Å². The van der Waals surface area contributed by atoms with Crippen LogP contribution >= 0.6 is 0 Å². The van der Waals surface area contributed by atoms with Crippen LogP contribution in [-0.2, 0) is 6.42 Å². The minimum absolute atomic E-state index is 0.317. The number of nitrogens with one attached hydrogen (secondary N) is 2. The molecule has 0 atom stereocenters. The van der Waals surface area contributed by atoms with Gasteiger partial charge in [-0.2, -0.15) is 0 Å². The molecule has 0 radical (unpaired) electrons. The summed E-state index contributed by atoms with van der Waals surface area (Å²) in [5, 5.41) is 5.50. The number of methoxy groups -OCH3 is 3. The smallest absolute Gasteiger partial charge is 0.319 e. The maximum absolute atomic E-state index is 11.9. The average molecular weight is 320 g/mol. The topological polar surface area (TPSA) is 82.0 Å². The number of rotatable bonds is 7. The summed E-state index contributed by atoms with van der Waals surface area (Å²) in [5.74, 6) is 1.42. The van der Waals surface area contributed by atoms with E-state index in [0.717, 1.165) is 5.56 Å². The lowest BCUT2D eigenvalue weighted by Gasteiger charge is -2.14. The summed E-state index contributed by atoms with van der Waals surface area (Å²) in [6, 6.07) is 4.87. The first-order chi connectivity index (χ1) is 11.2. The molecule has 0 aliphatic carbocycles. The number of urea groups is 1. The zero-order valence-electron chi connectivity index (χ0n) is 13.3. The van der Waals surface area contributed by atoms with Crippen molar-refractivity contribution in [2.75, 3.05) is 33.2 Å². The number of furan rings is 1. The number of carbonyl (C=O) groups is 1. The third-order valence-corrected chi connectivity index (χ3v) is 3.20. The Labute approximate surface area is 134 Å². The van der Waals surface area contributed by atoms with Crippen LogP contribution in [0.2, 0.25) is 0 Å². The average Bonchev–Trinajstić information content (AvgIpc) is 3.07. The summed E-state index contributed by atoms with van der Waals surface area (Å²) in [5.41, 5.74) is 1.57. The third kappa shape index (κ3) is 4.32. The maximum Gasteiger partial charge on any atom is 0.319 e. The first kappa shape index (κ1) is 16.5. The van der Waals surface area contributed by atoms with Crippen molar-refractivity contribution in [1.82, 2.24) is 5.32 Å². The van der Waals surface area contributed by atoms with Crippen LogP contribution in [-0.4, -0.2) is 33.9 Å². The second-order valence-corrected chi connectivity index (χ2v) is 4.68. The molecular formula is C16H20N2O5. The van der Waals surface area contributed by atoms with E-state index in [1.54, 1.807) is 24.7 Å². The number of amides is 2. The van der Waals surface area contributed by atoms with Gasteiger partial charge in [-0.25, -0.2) is 4.79 Å². The normalized spacial score (nSPS) is 10.0. The Morgan fingerprint density at radius 1 is 1.13 bits per heavy atom. The van der Waals surface area contributed by atoms with Crippen molar-refractivity contribution >= 4 is 11.7 Å². The van der Waals surface area contributed by atoms with Gasteiger partial charge in [-0.3, -0.25) is 0 Å². The van der Waals surface area contributed by atoms with Gasteiger partial charge < -0.3 is 29.3 Å². The van der Waals surface area contributed by atoms with Crippen LogP contribution < -0.4 is 24.8 Å². The number of benzene rings is 1. The van der Waals surface area contributed by atoms with E-state index in [0.29, 0.717) is 35.9 Å². The highest BCUT2D eigenvalue weighted by molar-refractivity contribution is 5.90. The van der Waals surface area contributed by atoms with Crippen LogP contribution in [0.25, 0.3) is 0 Å². The standard InChI is InChI=1S/C16H20N2O5/c1-20-13-8-12(9-14(21-2)15(13)22-3)18-16(19)17-6-4-11-5-7-23-10-11/h5,7-10H,4,6H2,1-3H3,(H2,17,18,19). The fraction of sp³-hybridized carbons (Fsp3) is 0.312. The second-order valence-electron chi connectivity index (χ2n) is 4.68. The van der Waals surface area contributed by atoms with Gasteiger partial charge in [0.05, 0.1) is 39.5 Å². The molecule has 0 spiro atoms. The molecule has 1 aromatic carbocycles. The van der Waals surface area contributed by atoms with E-state index in [4.69, 9.17) is 18.6 Å². The molecule has 2 aromatic rings. The molecule has 2 N–H and O–H groups in total. The molecule has 0 aliphatic heterocycles. The van der Waals surface area contributed by atoms with E-state index < -0.39 is 0 Å². The molecule has 2 rings (SSSR count). The van der Waals surface area contributed by atoms with Crippen molar-refractivity contribution in [3.63, 3.8) is 0 Å². The fourth-order valence-corrected chi connectivity index (χ4v) is 2.08. The molecule has 1 aromatic heterocycles. The summed E-state index contributed by atoms with van der Waals surface area (Å²) in [6.07, 6.45) is 3.95. The van der Waals surface area contributed by atoms with Gasteiger partial charge in [0.1, 0.15) is 0 Å². The molecule has 0 unspecified atom stereocenters. The summed E-state index contributed by atoms with van der Waals surface area (Å²) in [6.45, 7) is 0.496. The van der Waals surface area contributed by atoms with Crippen molar-refractivity contribution in [1.29, 1.82) is 0 Å². The highest BCUT2D eigenvalue weighted by Crippen LogP contribution is 2.39. The zero-order valence-corrected chi connectivity index (χ0v) is 13.3. The molecule has 124 valence electrons. The van der Waals surface area contributed by atoms with E-state index in [9.17, 15) is 4.79 Å². The van der Waals surface area contributed by atoms with Gasteiger partial charge in [0.15, 0.2) is 11.5 Å². The number of hydrogen-bond donors (Lipinski definition) is 2. The highest BCUT2D eigenvalue weighted by Gasteiger charge is 2.14. The van der Waals surface area contributed by atoms with E-state index in [1.807, 2.05) is 6.07 Å². The lowest BCUT2D eigenvalue weighted by atomic mass is 10.2. The largest absolute Gasteiger partial charge is 0.493 e. The molecule has 23 heavy (non-hydrogen) atoms. The van der Waals surface area contributed by atoms with Gasteiger partial charge in [0.2, 0.25) is 5.75 Å². The molecule has 0 saturated heterocycles. The Balaban J connectivity index is 1.97. The van der Waals surface area contributed by atoms with Crippen LogP contribution in [0.5, 0.6) is 17.2 Å². The van der Waals surface area contributed by atoms with Crippen LogP contribution in [0.4, 0.5) is 10.5 Å². The van der Waals surface area contributed by atoms with Crippen molar-refractivity contribution < 1.29 is 23.4 Å². The minimum atomic E-state index is -0.317. The van der Waals surface area contributed by atoms with E-state index in [2.05, 4.69) is 10.6 Å². The Bertz CT molecular complexity index is 615. The van der Waals surface area contributed by atoms with Crippen LogP contribution in [0.3, 0.4) is 0 Å². The van der Waals surface area contributed by atoms with Crippen molar-refractivity contribution in [2.24, 2.45) is 0 Å². The molecule has 0 saturated carbocycles. The second kappa shape index (κ2) is 7.98. The Morgan fingerprint density at radius 3 is 2.35 bits per heavy atom. The van der Waals surface area contributed by atoms with Crippen molar-refractivity contribution in [3.05, 3.63) is 36.3 Å². The summed E-state index contributed by atoms with van der Waals surface area (Å²) in [4.78, 5) is 11.9. The van der Waals surface area contributed by atoms with Crippen LogP contribution in [0, 0.1) is 0 Å². The first-order valence-electron chi connectivity index (χ1n) is 7.04. The monoisotopic (exact) mass is 320 g/mol.